The van der Waals surface area contributed by atoms with Gasteiger partial charge in [0, 0.05) is 31.5 Å². The Balaban J connectivity index is 1.76. The standard InChI is InChI=1S/C15H26N2/c1-3-9-17-10-8-14(12-17)11-16-13(2)15-6-4-5-7-15/h8,10,12-13,15-16H,3-7,9,11H2,1-2H3/t13-/m1/s1. The molecule has 1 heterocycles. The van der Waals surface area contributed by atoms with Gasteiger partial charge in [0.1, 0.15) is 0 Å². The molecule has 1 aromatic heterocycles. The van der Waals surface area contributed by atoms with E-state index in [9.17, 15) is 0 Å². The molecular formula is C15H26N2. The molecule has 0 aromatic carbocycles. The first-order valence-electron chi connectivity index (χ1n) is 7.17. The summed E-state index contributed by atoms with van der Waals surface area (Å²) in [6, 6.07) is 2.91. The van der Waals surface area contributed by atoms with Crippen LogP contribution in [0, 0.1) is 5.92 Å². The molecule has 2 heteroatoms. The molecule has 1 fully saturated rings. The van der Waals surface area contributed by atoms with Gasteiger partial charge in [-0.15, -0.1) is 0 Å². The molecule has 1 aliphatic carbocycles. The van der Waals surface area contributed by atoms with Crippen molar-refractivity contribution in [1.29, 1.82) is 0 Å². The van der Waals surface area contributed by atoms with Crippen LogP contribution < -0.4 is 5.32 Å². The predicted molar refractivity (Wildman–Crippen MR) is 73.0 cm³/mol. The van der Waals surface area contributed by atoms with Crippen LogP contribution in [0.1, 0.15) is 51.5 Å². The van der Waals surface area contributed by atoms with Gasteiger partial charge in [-0.05, 0) is 43.7 Å². The molecule has 2 rings (SSSR count). The number of hydrogen-bond donors (Lipinski definition) is 1. The zero-order valence-corrected chi connectivity index (χ0v) is 11.3. The largest absolute Gasteiger partial charge is 0.354 e. The third-order valence-corrected chi connectivity index (χ3v) is 4.03. The molecule has 0 aliphatic heterocycles. The van der Waals surface area contributed by atoms with Gasteiger partial charge >= 0.3 is 0 Å². The molecule has 96 valence electrons. The van der Waals surface area contributed by atoms with Crippen molar-refractivity contribution in [1.82, 2.24) is 9.88 Å². The van der Waals surface area contributed by atoms with Gasteiger partial charge in [0.2, 0.25) is 0 Å². The van der Waals surface area contributed by atoms with Crippen LogP contribution in [-0.4, -0.2) is 10.6 Å². The van der Waals surface area contributed by atoms with Gasteiger partial charge in [0.15, 0.2) is 0 Å². The smallest absolute Gasteiger partial charge is 0.0223 e. The van der Waals surface area contributed by atoms with Gasteiger partial charge in [-0.1, -0.05) is 19.8 Å². The second kappa shape index (κ2) is 6.25. The summed E-state index contributed by atoms with van der Waals surface area (Å²) in [4.78, 5) is 0. The maximum atomic E-state index is 3.68. The lowest BCUT2D eigenvalue weighted by atomic mass is 10.00. The van der Waals surface area contributed by atoms with Crippen LogP contribution in [0.2, 0.25) is 0 Å². The van der Waals surface area contributed by atoms with Gasteiger partial charge in [0.25, 0.3) is 0 Å². The quantitative estimate of drug-likeness (QED) is 0.796. The van der Waals surface area contributed by atoms with E-state index in [2.05, 4.69) is 42.2 Å². The zero-order valence-electron chi connectivity index (χ0n) is 11.3. The number of aryl methyl sites for hydroxylation is 1. The Morgan fingerprint density at radius 3 is 2.88 bits per heavy atom. The Morgan fingerprint density at radius 2 is 2.18 bits per heavy atom. The molecule has 0 unspecified atom stereocenters. The maximum Gasteiger partial charge on any atom is 0.0223 e. The minimum atomic E-state index is 0.673. The van der Waals surface area contributed by atoms with Crippen molar-refractivity contribution in [3.05, 3.63) is 24.0 Å². The van der Waals surface area contributed by atoms with Crippen molar-refractivity contribution in [2.45, 2.75) is 65.1 Å². The fraction of sp³-hybridized carbons (Fsp3) is 0.733. The Labute approximate surface area is 105 Å². The highest BCUT2D eigenvalue weighted by Gasteiger charge is 2.20. The van der Waals surface area contributed by atoms with Crippen LogP contribution >= 0.6 is 0 Å². The summed E-state index contributed by atoms with van der Waals surface area (Å²) in [5.74, 6) is 0.910. The molecule has 2 nitrogen and oxygen atoms in total. The van der Waals surface area contributed by atoms with Gasteiger partial charge < -0.3 is 9.88 Å². The first-order chi connectivity index (χ1) is 8.29. The Hall–Kier alpha value is -0.760. The third-order valence-electron chi connectivity index (χ3n) is 4.03. The van der Waals surface area contributed by atoms with Crippen LogP contribution in [0.5, 0.6) is 0 Å². The molecule has 1 saturated carbocycles. The van der Waals surface area contributed by atoms with Crippen LogP contribution in [0.4, 0.5) is 0 Å². The van der Waals surface area contributed by atoms with Crippen molar-refractivity contribution >= 4 is 0 Å². The second-order valence-electron chi connectivity index (χ2n) is 5.47. The van der Waals surface area contributed by atoms with Crippen molar-refractivity contribution in [2.24, 2.45) is 5.92 Å². The predicted octanol–water partition coefficient (Wildman–Crippen LogP) is 3.57. The van der Waals surface area contributed by atoms with E-state index in [0.29, 0.717) is 6.04 Å². The minimum absolute atomic E-state index is 0.673. The van der Waals surface area contributed by atoms with Crippen LogP contribution in [0.25, 0.3) is 0 Å². The summed E-state index contributed by atoms with van der Waals surface area (Å²) in [6.07, 6.45) is 11.4. The van der Waals surface area contributed by atoms with Crippen molar-refractivity contribution in [3.8, 4) is 0 Å². The van der Waals surface area contributed by atoms with E-state index in [1.807, 2.05) is 0 Å². The van der Waals surface area contributed by atoms with Gasteiger partial charge in [-0.25, -0.2) is 0 Å². The normalized spacial score (nSPS) is 18.7. The number of nitrogens with one attached hydrogen (secondary N) is 1. The molecule has 1 aromatic rings. The number of rotatable bonds is 6. The molecule has 0 spiro atoms. The Bertz CT molecular complexity index is 323. The van der Waals surface area contributed by atoms with E-state index in [0.717, 1.165) is 19.0 Å². The topological polar surface area (TPSA) is 17.0 Å². The lowest BCUT2D eigenvalue weighted by molar-refractivity contribution is 0.380. The van der Waals surface area contributed by atoms with Crippen LogP contribution in [0.15, 0.2) is 18.5 Å². The highest BCUT2D eigenvalue weighted by molar-refractivity contribution is 5.10. The van der Waals surface area contributed by atoms with E-state index in [1.165, 1.54) is 37.7 Å². The SMILES string of the molecule is CCCn1ccc(CN[C@H](C)C2CCCC2)c1. The fourth-order valence-corrected chi connectivity index (χ4v) is 2.90. The summed E-state index contributed by atoms with van der Waals surface area (Å²) in [5, 5.41) is 3.68. The average molecular weight is 234 g/mol. The first-order valence-corrected chi connectivity index (χ1v) is 7.17. The maximum absolute atomic E-state index is 3.68. The number of nitrogens with zero attached hydrogens (tertiary/aromatic N) is 1. The van der Waals surface area contributed by atoms with Gasteiger partial charge in [-0.3, -0.25) is 0 Å². The molecule has 0 amide bonds. The van der Waals surface area contributed by atoms with E-state index in [1.54, 1.807) is 0 Å². The van der Waals surface area contributed by atoms with E-state index in [-0.39, 0.29) is 0 Å². The summed E-state index contributed by atoms with van der Waals surface area (Å²) in [5.41, 5.74) is 1.42. The fourth-order valence-electron chi connectivity index (χ4n) is 2.90. The molecule has 1 aliphatic rings. The lowest BCUT2D eigenvalue weighted by Gasteiger charge is -2.20. The lowest BCUT2D eigenvalue weighted by Crippen LogP contribution is -2.31. The second-order valence-corrected chi connectivity index (χ2v) is 5.47. The summed E-state index contributed by atoms with van der Waals surface area (Å²) >= 11 is 0. The minimum Gasteiger partial charge on any atom is -0.354 e. The van der Waals surface area contributed by atoms with Gasteiger partial charge in [0.05, 0.1) is 0 Å². The molecular weight excluding hydrogens is 208 g/mol. The van der Waals surface area contributed by atoms with Crippen molar-refractivity contribution < 1.29 is 0 Å². The zero-order chi connectivity index (χ0) is 12.1. The highest BCUT2D eigenvalue weighted by Crippen LogP contribution is 2.27. The molecule has 17 heavy (non-hydrogen) atoms. The van der Waals surface area contributed by atoms with Gasteiger partial charge in [-0.2, -0.15) is 0 Å². The van der Waals surface area contributed by atoms with Crippen molar-refractivity contribution in [2.75, 3.05) is 0 Å². The van der Waals surface area contributed by atoms with Crippen LogP contribution in [-0.2, 0) is 13.1 Å². The van der Waals surface area contributed by atoms with Crippen molar-refractivity contribution in [3.63, 3.8) is 0 Å². The number of aromatic nitrogens is 1. The summed E-state index contributed by atoms with van der Waals surface area (Å²) in [7, 11) is 0. The molecule has 0 radical (unpaired) electrons. The van der Waals surface area contributed by atoms with Crippen LogP contribution in [0.3, 0.4) is 0 Å². The molecule has 0 bridgehead atoms. The monoisotopic (exact) mass is 234 g/mol. The average Bonchev–Trinajstić information content (AvgIpc) is 2.97. The first kappa shape index (κ1) is 12.7. The van der Waals surface area contributed by atoms with E-state index >= 15 is 0 Å². The molecule has 0 saturated heterocycles. The third kappa shape index (κ3) is 3.60. The number of hydrogen-bond acceptors (Lipinski definition) is 1. The Kier molecular flexibility index (Phi) is 4.66. The van der Waals surface area contributed by atoms with E-state index < -0.39 is 0 Å². The molecule has 1 N–H and O–H groups in total. The molecule has 1 atom stereocenters. The summed E-state index contributed by atoms with van der Waals surface area (Å²) in [6.45, 7) is 6.73. The summed E-state index contributed by atoms with van der Waals surface area (Å²) < 4.78 is 2.29. The Morgan fingerprint density at radius 1 is 1.41 bits per heavy atom. The highest BCUT2D eigenvalue weighted by atomic mass is 15.0. The van der Waals surface area contributed by atoms with E-state index in [4.69, 9.17) is 0 Å².